The molecule has 0 spiro atoms. The van der Waals surface area contributed by atoms with Gasteiger partial charge in [-0.1, -0.05) is 66.7 Å². The number of nitrogens with zero attached hydrogens (tertiary/aromatic N) is 2. The maximum atomic E-state index is 9.89. The van der Waals surface area contributed by atoms with Crippen LogP contribution in [0.1, 0.15) is 22.5 Å². The highest BCUT2D eigenvalue weighted by Gasteiger charge is 2.12. The first-order valence-electron chi connectivity index (χ1n) is 10.4. The summed E-state index contributed by atoms with van der Waals surface area (Å²) in [4.78, 5) is 0. The molecule has 0 aliphatic carbocycles. The van der Waals surface area contributed by atoms with Crippen molar-refractivity contribution in [3.05, 3.63) is 114 Å². The molecule has 2 nitrogen and oxygen atoms in total. The molecule has 4 aromatic carbocycles. The van der Waals surface area contributed by atoms with Gasteiger partial charge in [-0.25, -0.2) is 0 Å². The van der Waals surface area contributed by atoms with Gasteiger partial charge in [-0.2, -0.15) is 5.26 Å². The maximum Gasteiger partial charge on any atom is 0.0998 e. The molecule has 1 aromatic heterocycles. The van der Waals surface area contributed by atoms with E-state index in [1.807, 2.05) is 24.3 Å². The van der Waals surface area contributed by atoms with Gasteiger partial charge in [0.05, 0.1) is 11.6 Å². The van der Waals surface area contributed by atoms with Crippen LogP contribution in [0.15, 0.2) is 91.0 Å². The van der Waals surface area contributed by atoms with Gasteiger partial charge >= 0.3 is 0 Å². The largest absolute Gasteiger partial charge is 0.318 e. The Hall–Kier alpha value is -4.09. The molecule has 0 saturated carbocycles. The summed E-state index contributed by atoms with van der Waals surface area (Å²) in [6.07, 6.45) is 2.00. The minimum Gasteiger partial charge on any atom is -0.318 e. The third-order valence-electron chi connectivity index (χ3n) is 5.94. The van der Waals surface area contributed by atoms with E-state index in [1.165, 1.54) is 16.2 Å². The molecule has 2 heteroatoms. The lowest BCUT2D eigenvalue weighted by molar-refractivity contribution is 0.966. The lowest BCUT2D eigenvalue weighted by Gasteiger charge is -2.11. The number of hydrogen-bond acceptors (Lipinski definition) is 1. The topological polar surface area (TPSA) is 28.7 Å². The Morgan fingerprint density at radius 1 is 0.742 bits per heavy atom. The Balaban J connectivity index is 1.59. The molecule has 0 saturated heterocycles. The van der Waals surface area contributed by atoms with Crippen LogP contribution in [0.5, 0.6) is 0 Å². The normalized spacial score (nSPS) is 11.7. The quantitative estimate of drug-likeness (QED) is 0.290. The molecule has 0 radical (unpaired) electrons. The predicted octanol–water partition coefficient (Wildman–Crippen LogP) is 7.46. The van der Waals surface area contributed by atoms with E-state index in [-0.39, 0.29) is 0 Å². The fourth-order valence-corrected chi connectivity index (χ4v) is 4.34. The molecule has 5 aromatic rings. The first-order chi connectivity index (χ1) is 15.1. The van der Waals surface area contributed by atoms with E-state index in [0.717, 1.165) is 33.6 Å². The highest BCUT2D eigenvalue weighted by atomic mass is 15.0. The summed E-state index contributed by atoms with van der Waals surface area (Å²) in [6, 6.07) is 33.9. The van der Waals surface area contributed by atoms with E-state index in [1.54, 1.807) is 0 Å². The van der Waals surface area contributed by atoms with Crippen LogP contribution >= 0.6 is 0 Å². The molecule has 5 rings (SSSR count). The molecule has 0 atom stereocenters. The maximum absolute atomic E-state index is 9.89. The van der Waals surface area contributed by atoms with E-state index < -0.39 is 0 Å². The molecule has 148 valence electrons. The highest BCUT2D eigenvalue weighted by molar-refractivity contribution is 5.94. The molecular weight excluding hydrogens is 376 g/mol. The monoisotopic (exact) mass is 398 g/mol. The zero-order valence-electron chi connectivity index (χ0n) is 17.6. The van der Waals surface area contributed by atoms with Gasteiger partial charge in [-0.05, 0) is 76.9 Å². The number of benzene rings is 4. The van der Waals surface area contributed by atoms with Crippen LogP contribution in [0, 0.1) is 25.2 Å². The summed E-state index contributed by atoms with van der Waals surface area (Å²) in [7, 11) is 0. The summed E-state index contributed by atoms with van der Waals surface area (Å²) < 4.78 is 2.26. The first kappa shape index (κ1) is 18.9. The van der Waals surface area contributed by atoms with E-state index in [9.17, 15) is 5.26 Å². The Kier molecular flexibility index (Phi) is 4.65. The zero-order chi connectivity index (χ0) is 21.4. The van der Waals surface area contributed by atoms with Crippen LogP contribution in [0.2, 0.25) is 0 Å². The molecule has 0 aliphatic rings. The van der Waals surface area contributed by atoms with Crippen LogP contribution in [0.3, 0.4) is 0 Å². The standard InChI is InChI=1S/C29H22N2/c1-20-15-27(17-28(19-30)26-12-11-22-7-3-5-9-24(22)16-26)21(2)31(20)29-14-13-23-8-4-6-10-25(23)18-29/h3-18H,1-2H3/b28-17-. The first-order valence-corrected chi connectivity index (χ1v) is 10.4. The summed E-state index contributed by atoms with van der Waals surface area (Å²) in [5.74, 6) is 0. The second-order valence-corrected chi connectivity index (χ2v) is 7.93. The average molecular weight is 399 g/mol. The van der Waals surface area contributed by atoms with E-state index >= 15 is 0 Å². The van der Waals surface area contributed by atoms with E-state index in [0.29, 0.717) is 5.57 Å². The molecule has 0 unspecified atom stereocenters. The second-order valence-electron chi connectivity index (χ2n) is 7.93. The van der Waals surface area contributed by atoms with Crippen LogP contribution < -0.4 is 0 Å². The number of rotatable bonds is 3. The lowest BCUT2D eigenvalue weighted by atomic mass is 10.0. The third kappa shape index (κ3) is 3.41. The zero-order valence-corrected chi connectivity index (χ0v) is 17.6. The SMILES string of the molecule is Cc1cc(/C=C(/C#N)c2ccc3ccccc3c2)c(C)n1-c1ccc2ccccc2c1. The molecule has 1 heterocycles. The van der Waals surface area contributed by atoms with Gasteiger partial charge in [0.25, 0.3) is 0 Å². The van der Waals surface area contributed by atoms with Crippen LogP contribution in [0.4, 0.5) is 0 Å². The molecule has 0 bridgehead atoms. The Labute approximate surface area is 182 Å². The van der Waals surface area contributed by atoms with Crippen LogP contribution in [-0.4, -0.2) is 4.57 Å². The number of nitriles is 1. The van der Waals surface area contributed by atoms with Gasteiger partial charge in [-0.3, -0.25) is 0 Å². The number of aromatic nitrogens is 1. The molecule has 0 fully saturated rings. The molecular formula is C29H22N2. The van der Waals surface area contributed by atoms with E-state index in [4.69, 9.17) is 0 Å². The molecule has 0 N–H and O–H groups in total. The minimum atomic E-state index is 0.671. The number of fused-ring (bicyclic) bond motifs is 2. The fourth-order valence-electron chi connectivity index (χ4n) is 4.34. The van der Waals surface area contributed by atoms with Crippen molar-refractivity contribution in [2.75, 3.05) is 0 Å². The van der Waals surface area contributed by atoms with Crippen molar-refractivity contribution in [1.82, 2.24) is 4.57 Å². The van der Waals surface area contributed by atoms with Crippen molar-refractivity contribution in [1.29, 1.82) is 5.26 Å². The predicted molar refractivity (Wildman–Crippen MR) is 130 cm³/mol. The number of aryl methyl sites for hydroxylation is 1. The number of hydrogen-bond donors (Lipinski definition) is 0. The average Bonchev–Trinajstić information content (AvgIpc) is 3.09. The molecule has 0 aliphatic heterocycles. The van der Waals surface area contributed by atoms with Crippen LogP contribution in [0.25, 0.3) is 38.9 Å². The summed E-state index contributed by atoms with van der Waals surface area (Å²) in [6.45, 7) is 4.23. The van der Waals surface area contributed by atoms with Crippen molar-refractivity contribution >= 4 is 33.2 Å². The van der Waals surface area contributed by atoms with E-state index in [2.05, 4.69) is 97.3 Å². The molecule has 31 heavy (non-hydrogen) atoms. The minimum absolute atomic E-state index is 0.671. The van der Waals surface area contributed by atoms with Crippen molar-refractivity contribution < 1.29 is 0 Å². The van der Waals surface area contributed by atoms with Gasteiger partial charge in [0.1, 0.15) is 0 Å². The number of allylic oxidation sites excluding steroid dienone is 1. The summed E-state index contributed by atoms with van der Waals surface area (Å²) in [5.41, 5.74) is 6.09. The highest BCUT2D eigenvalue weighted by Crippen LogP contribution is 2.28. The summed E-state index contributed by atoms with van der Waals surface area (Å²) in [5, 5.41) is 14.7. The van der Waals surface area contributed by atoms with Gasteiger partial charge < -0.3 is 4.57 Å². The van der Waals surface area contributed by atoms with Crippen molar-refractivity contribution in [2.24, 2.45) is 0 Å². The smallest absolute Gasteiger partial charge is 0.0998 e. The van der Waals surface area contributed by atoms with Crippen LogP contribution in [-0.2, 0) is 0 Å². The Morgan fingerprint density at radius 3 is 2.03 bits per heavy atom. The summed E-state index contributed by atoms with van der Waals surface area (Å²) >= 11 is 0. The van der Waals surface area contributed by atoms with Crippen molar-refractivity contribution in [3.8, 4) is 11.8 Å². The van der Waals surface area contributed by atoms with Gasteiger partial charge in [0.2, 0.25) is 0 Å². The third-order valence-corrected chi connectivity index (χ3v) is 5.94. The Morgan fingerprint density at radius 2 is 1.35 bits per heavy atom. The molecule has 0 amide bonds. The van der Waals surface area contributed by atoms with Crippen molar-refractivity contribution in [2.45, 2.75) is 13.8 Å². The van der Waals surface area contributed by atoms with Gasteiger partial charge in [0.15, 0.2) is 0 Å². The lowest BCUT2D eigenvalue weighted by Crippen LogP contribution is -1.99. The Bertz CT molecular complexity index is 1510. The van der Waals surface area contributed by atoms with Gasteiger partial charge in [0, 0.05) is 17.1 Å². The second kappa shape index (κ2) is 7.63. The fraction of sp³-hybridized carbons (Fsp3) is 0.0690. The van der Waals surface area contributed by atoms with Gasteiger partial charge in [-0.15, -0.1) is 0 Å². The van der Waals surface area contributed by atoms with Crippen molar-refractivity contribution in [3.63, 3.8) is 0 Å².